The maximum atomic E-state index is 13.3. The van der Waals surface area contributed by atoms with Gasteiger partial charge in [0, 0.05) is 15.9 Å². The van der Waals surface area contributed by atoms with Crippen LogP contribution in [0.4, 0.5) is 5.95 Å². The fourth-order valence-corrected chi connectivity index (χ4v) is 5.65. The van der Waals surface area contributed by atoms with E-state index >= 15 is 0 Å². The molecule has 0 amide bonds. The predicted molar refractivity (Wildman–Crippen MR) is 161 cm³/mol. The van der Waals surface area contributed by atoms with Gasteiger partial charge in [0.25, 0.3) is 0 Å². The summed E-state index contributed by atoms with van der Waals surface area (Å²) in [7, 11) is 0. The van der Waals surface area contributed by atoms with Crippen LogP contribution < -0.4 is 10.1 Å². The van der Waals surface area contributed by atoms with Crippen LogP contribution in [0.2, 0.25) is 0 Å². The number of rotatable bonds is 11. The standard InChI is InChI=1S/C31H31BrN4O3S/c1-3-4-17-38-29(37)27-21(2)33-30-34-31(40-20-22-9-6-5-7-10-22)35-36(30)28(27)24-13-15-26(16-14-24)39-19-23-11-8-12-25(32)18-23/h5-16,18,28H,3-4,17,19-20H2,1-2H3,(H,33,34,35). The second-order valence-corrected chi connectivity index (χ2v) is 11.3. The smallest absolute Gasteiger partial charge is 0.338 e. The van der Waals surface area contributed by atoms with Crippen LogP contribution in [0.3, 0.4) is 0 Å². The number of hydrogen-bond acceptors (Lipinski definition) is 7. The van der Waals surface area contributed by atoms with E-state index in [-0.39, 0.29) is 5.97 Å². The number of aromatic nitrogens is 3. The average Bonchev–Trinajstić information content (AvgIpc) is 3.37. The number of benzene rings is 3. The number of halogens is 1. The van der Waals surface area contributed by atoms with Crippen molar-refractivity contribution in [2.75, 3.05) is 11.9 Å². The summed E-state index contributed by atoms with van der Waals surface area (Å²) in [6, 6.07) is 25.6. The van der Waals surface area contributed by atoms with Gasteiger partial charge in [0.15, 0.2) is 0 Å². The minimum absolute atomic E-state index is 0.349. The van der Waals surface area contributed by atoms with Gasteiger partial charge in [-0.2, -0.15) is 4.98 Å². The number of anilines is 1. The fourth-order valence-electron chi connectivity index (χ4n) is 4.41. The Kier molecular flexibility index (Phi) is 9.23. The number of hydrogen-bond donors (Lipinski definition) is 1. The minimum Gasteiger partial charge on any atom is -0.489 e. The lowest BCUT2D eigenvalue weighted by Gasteiger charge is -2.28. The Morgan fingerprint density at radius 3 is 2.58 bits per heavy atom. The van der Waals surface area contributed by atoms with Gasteiger partial charge in [0.1, 0.15) is 18.4 Å². The molecular weight excluding hydrogens is 588 g/mol. The molecule has 0 aliphatic carbocycles. The highest BCUT2D eigenvalue weighted by molar-refractivity contribution is 9.10. The van der Waals surface area contributed by atoms with Crippen molar-refractivity contribution in [2.45, 2.75) is 50.2 Å². The molecule has 1 atom stereocenters. The van der Waals surface area contributed by atoms with Crippen LogP contribution in [0.5, 0.6) is 5.75 Å². The SMILES string of the molecule is CCCCOC(=O)C1=C(C)Nc2nc(SCc3ccccc3)nn2C1c1ccc(OCc2cccc(Br)c2)cc1. The van der Waals surface area contributed by atoms with Gasteiger partial charge in [0.05, 0.1) is 12.2 Å². The third-order valence-electron chi connectivity index (χ3n) is 6.49. The van der Waals surface area contributed by atoms with Crippen LogP contribution in [-0.4, -0.2) is 27.3 Å². The molecule has 7 nitrogen and oxygen atoms in total. The van der Waals surface area contributed by atoms with Crippen molar-refractivity contribution in [3.8, 4) is 5.75 Å². The van der Waals surface area contributed by atoms with Gasteiger partial charge in [-0.05, 0) is 54.3 Å². The van der Waals surface area contributed by atoms with Crippen LogP contribution in [-0.2, 0) is 21.9 Å². The molecule has 0 saturated heterocycles. The molecule has 9 heteroatoms. The van der Waals surface area contributed by atoms with E-state index in [1.165, 1.54) is 5.56 Å². The van der Waals surface area contributed by atoms with Crippen molar-refractivity contribution >= 4 is 39.6 Å². The van der Waals surface area contributed by atoms with Crippen molar-refractivity contribution < 1.29 is 14.3 Å². The molecule has 4 aromatic rings. The third-order valence-corrected chi connectivity index (χ3v) is 7.89. The van der Waals surface area contributed by atoms with Crippen LogP contribution in [0.1, 0.15) is 49.4 Å². The third kappa shape index (κ3) is 6.77. The summed E-state index contributed by atoms with van der Waals surface area (Å²) in [5, 5.41) is 8.74. The van der Waals surface area contributed by atoms with Crippen molar-refractivity contribution in [1.82, 2.24) is 14.8 Å². The monoisotopic (exact) mass is 618 g/mol. The van der Waals surface area contributed by atoms with Crippen LogP contribution in [0.25, 0.3) is 0 Å². The predicted octanol–water partition coefficient (Wildman–Crippen LogP) is 7.54. The Balaban J connectivity index is 1.40. The molecule has 0 fully saturated rings. The molecule has 5 rings (SSSR count). The molecule has 0 saturated carbocycles. The zero-order valence-electron chi connectivity index (χ0n) is 22.5. The maximum Gasteiger partial charge on any atom is 0.338 e. The quantitative estimate of drug-likeness (QED) is 0.106. The first-order chi connectivity index (χ1) is 19.5. The van der Waals surface area contributed by atoms with E-state index in [1.807, 2.05) is 73.7 Å². The second kappa shape index (κ2) is 13.2. The van der Waals surface area contributed by atoms with E-state index in [2.05, 4.69) is 40.3 Å². The molecule has 0 bridgehead atoms. The second-order valence-electron chi connectivity index (χ2n) is 9.48. The van der Waals surface area contributed by atoms with E-state index in [4.69, 9.17) is 19.6 Å². The van der Waals surface area contributed by atoms with Crippen LogP contribution in [0.15, 0.2) is 99.8 Å². The lowest BCUT2D eigenvalue weighted by Crippen LogP contribution is -2.29. The molecular formula is C31H31BrN4O3S. The molecule has 206 valence electrons. The molecule has 1 aliphatic heterocycles. The van der Waals surface area contributed by atoms with E-state index in [0.717, 1.165) is 39.9 Å². The summed E-state index contributed by atoms with van der Waals surface area (Å²) in [4.78, 5) is 18.1. The topological polar surface area (TPSA) is 78.3 Å². The molecule has 3 aromatic carbocycles. The largest absolute Gasteiger partial charge is 0.489 e. The number of unbranched alkanes of at least 4 members (excludes halogenated alkanes) is 1. The van der Waals surface area contributed by atoms with Gasteiger partial charge in [-0.3, -0.25) is 0 Å². The Bertz CT molecular complexity index is 1490. The summed E-state index contributed by atoms with van der Waals surface area (Å²) < 4.78 is 14.5. The van der Waals surface area contributed by atoms with Gasteiger partial charge in [-0.1, -0.05) is 95.6 Å². The Morgan fingerprint density at radius 2 is 1.82 bits per heavy atom. The van der Waals surface area contributed by atoms with E-state index in [1.54, 1.807) is 16.4 Å². The first-order valence-electron chi connectivity index (χ1n) is 13.3. The first-order valence-corrected chi connectivity index (χ1v) is 15.0. The zero-order valence-corrected chi connectivity index (χ0v) is 24.9. The molecule has 0 spiro atoms. The lowest BCUT2D eigenvalue weighted by molar-refractivity contribution is -0.139. The normalized spacial score (nSPS) is 14.4. The van der Waals surface area contributed by atoms with Gasteiger partial charge in [-0.15, -0.1) is 5.10 Å². The lowest BCUT2D eigenvalue weighted by atomic mass is 9.96. The summed E-state index contributed by atoms with van der Waals surface area (Å²) in [6.07, 6.45) is 1.76. The van der Waals surface area contributed by atoms with Crippen molar-refractivity contribution in [1.29, 1.82) is 0 Å². The number of carbonyl (C=O) groups excluding carboxylic acids is 1. The van der Waals surface area contributed by atoms with Gasteiger partial charge in [-0.25, -0.2) is 9.48 Å². The summed E-state index contributed by atoms with van der Waals surface area (Å²) in [5.41, 5.74) is 4.39. The number of ether oxygens (including phenoxy) is 2. The molecule has 1 aromatic heterocycles. The number of carbonyl (C=O) groups is 1. The Hall–Kier alpha value is -3.56. The molecule has 1 unspecified atom stereocenters. The Morgan fingerprint density at radius 1 is 1.05 bits per heavy atom. The highest BCUT2D eigenvalue weighted by Crippen LogP contribution is 2.37. The van der Waals surface area contributed by atoms with Gasteiger partial charge >= 0.3 is 5.97 Å². The molecule has 0 radical (unpaired) electrons. The van der Waals surface area contributed by atoms with E-state index < -0.39 is 6.04 Å². The van der Waals surface area contributed by atoms with Gasteiger partial charge < -0.3 is 14.8 Å². The number of allylic oxidation sites excluding steroid dienone is 1. The maximum absolute atomic E-state index is 13.3. The van der Waals surface area contributed by atoms with E-state index in [0.29, 0.717) is 35.6 Å². The highest BCUT2D eigenvalue weighted by Gasteiger charge is 2.35. The Labute approximate surface area is 247 Å². The summed E-state index contributed by atoms with van der Waals surface area (Å²) in [6.45, 7) is 4.78. The van der Waals surface area contributed by atoms with Crippen molar-refractivity contribution in [3.63, 3.8) is 0 Å². The first kappa shape index (κ1) is 28.0. The highest BCUT2D eigenvalue weighted by atomic mass is 79.9. The van der Waals surface area contributed by atoms with Crippen LogP contribution >= 0.6 is 27.7 Å². The summed E-state index contributed by atoms with van der Waals surface area (Å²) >= 11 is 5.06. The number of nitrogens with one attached hydrogen (secondary N) is 1. The molecule has 2 heterocycles. The van der Waals surface area contributed by atoms with Crippen LogP contribution in [0, 0.1) is 0 Å². The fraction of sp³-hybridized carbons (Fsp3) is 0.258. The summed E-state index contributed by atoms with van der Waals surface area (Å²) in [5.74, 6) is 1.73. The van der Waals surface area contributed by atoms with Crippen molar-refractivity contribution in [3.05, 3.63) is 111 Å². The molecule has 1 aliphatic rings. The number of esters is 1. The van der Waals surface area contributed by atoms with Gasteiger partial charge in [0.2, 0.25) is 11.1 Å². The van der Waals surface area contributed by atoms with E-state index in [9.17, 15) is 4.79 Å². The number of nitrogens with zero attached hydrogens (tertiary/aromatic N) is 3. The number of fused-ring (bicyclic) bond motifs is 1. The zero-order chi connectivity index (χ0) is 27.9. The average molecular weight is 620 g/mol. The molecule has 40 heavy (non-hydrogen) atoms. The number of thioether (sulfide) groups is 1. The molecule has 1 N–H and O–H groups in total. The van der Waals surface area contributed by atoms with Crippen molar-refractivity contribution in [2.24, 2.45) is 0 Å². The minimum atomic E-state index is -0.483.